The number of halogens is 2. The van der Waals surface area contributed by atoms with E-state index in [0.29, 0.717) is 19.4 Å². The van der Waals surface area contributed by atoms with Crippen molar-refractivity contribution < 1.29 is 24.2 Å². The summed E-state index contributed by atoms with van der Waals surface area (Å²) >= 11 is 5.83. The topological polar surface area (TPSA) is 91.6 Å². The third-order valence-corrected chi connectivity index (χ3v) is 6.17. The van der Waals surface area contributed by atoms with Gasteiger partial charge < -0.3 is 20.1 Å². The van der Waals surface area contributed by atoms with Crippen LogP contribution < -0.4 is 5.32 Å². The Balaban J connectivity index is 0.00000135. The number of allylic oxidation sites excluding steroid dienone is 1. The van der Waals surface area contributed by atoms with Crippen molar-refractivity contribution in [1.82, 2.24) is 9.88 Å². The van der Waals surface area contributed by atoms with Crippen molar-refractivity contribution in [3.63, 3.8) is 0 Å². The molecule has 2 aromatic carbocycles. The van der Waals surface area contributed by atoms with Gasteiger partial charge in [-0.3, -0.25) is 9.59 Å². The summed E-state index contributed by atoms with van der Waals surface area (Å²) < 4.78 is 16.0. The summed E-state index contributed by atoms with van der Waals surface area (Å²) in [6.45, 7) is 12.0. The number of carbonyl (C=O) groups excluding carboxylic acids is 1. The maximum Gasteiger partial charge on any atom is 0.290 e. The molecule has 0 fully saturated rings. The highest BCUT2D eigenvalue weighted by Crippen LogP contribution is 2.33. The number of carboxylic acid groups (broad SMARTS) is 1. The van der Waals surface area contributed by atoms with Crippen LogP contribution in [0, 0.1) is 25.6 Å². The second kappa shape index (κ2) is 16.4. The SMILES string of the molecule is CC.Cc1ccc(/C(=C(/NC=O)C(C)CC(C)O)c2ccn(Cc3ccc(Cl)c(F)c3)c2C)cc1.O=CO. The largest absolute Gasteiger partial charge is 0.483 e. The van der Waals surface area contributed by atoms with Crippen molar-refractivity contribution in [3.05, 3.63) is 99.2 Å². The first-order chi connectivity index (χ1) is 18.1. The normalized spacial score (nSPS) is 12.6. The molecule has 0 aliphatic rings. The van der Waals surface area contributed by atoms with E-state index in [1.807, 2.05) is 81.8 Å². The van der Waals surface area contributed by atoms with Crippen LogP contribution in [0.4, 0.5) is 4.39 Å². The molecule has 8 heteroatoms. The summed E-state index contributed by atoms with van der Waals surface area (Å²) in [7, 11) is 0. The number of aromatic nitrogens is 1. The molecule has 0 aliphatic carbocycles. The van der Waals surface area contributed by atoms with E-state index in [1.165, 1.54) is 6.07 Å². The van der Waals surface area contributed by atoms with Gasteiger partial charge in [-0.2, -0.15) is 0 Å². The number of carbonyl (C=O) groups is 2. The van der Waals surface area contributed by atoms with E-state index >= 15 is 0 Å². The summed E-state index contributed by atoms with van der Waals surface area (Å²) in [6, 6.07) is 15.0. The molecule has 1 heterocycles. The van der Waals surface area contributed by atoms with Crippen molar-refractivity contribution in [2.75, 3.05) is 0 Å². The van der Waals surface area contributed by atoms with E-state index in [1.54, 1.807) is 13.0 Å². The van der Waals surface area contributed by atoms with E-state index < -0.39 is 11.9 Å². The van der Waals surface area contributed by atoms with E-state index in [2.05, 4.69) is 5.32 Å². The summed E-state index contributed by atoms with van der Waals surface area (Å²) in [5.74, 6) is -0.525. The average Bonchev–Trinajstić information content (AvgIpc) is 3.23. The zero-order valence-corrected chi connectivity index (χ0v) is 23.6. The molecule has 0 bridgehead atoms. The monoisotopic (exact) mass is 544 g/mol. The third kappa shape index (κ3) is 9.15. The number of nitrogens with one attached hydrogen (secondary N) is 1. The number of aliphatic hydroxyl groups is 1. The number of benzene rings is 2. The van der Waals surface area contributed by atoms with Gasteiger partial charge in [-0.15, -0.1) is 0 Å². The van der Waals surface area contributed by atoms with E-state index in [9.17, 15) is 14.3 Å². The number of hydrogen-bond donors (Lipinski definition) is 3. The van der Waals surface area contributed by atoms with Crippen LogP contribution in [-0.4, -0.2) is 33.8 Å². The van der Waals surface area contributed by atoms with Crippen molar-refractivity contribution in [2.45, 2.75) is 60.6 Å². The van der Waals surface area contributed by atoms with Crippen molar-refractivity contribution in [2.24, 2.45) is 5.92 Å². The first-order valence-corrected chi connectivity index (χ1v) is 12.9. The molecule has 3 aromatic rings. The number of amides is 1. The third-order valence-electron chi connectivity index (χ3n) is 5.86. The highest BCUT2D eigenvalue weighted by Gasteiger charge is 2.21. The molecule has 3 N–H and O–H groups in total. The highest BCUT2D eigenvalue weighted by molar-refractivity contribution is 6.30. The van der Waals surface area contributed by atoms with Gasteiger partial charge in [0.25, 0.3) is 6.47 Å². The van der Waals surface area contributed by atoms with E-state index in [0.717, 1.165) is 39.2 Å². The first-order valence-electron chi connectivity index (χ1n) is 12.5. The molecule has 1 aromatic heterocycles. The fourth-order valence-electron chi connectivity index (χ4n) is 4.15. The molecule has 0 saturated heterocycles. The van der Waals surface area contributed by atoms with Gasteiger partial charge in [0.05, 0.1) is 11.1 Å². The van der Waals surface area contributed by atoms with Gasteiger partial charge in [-0.05, 0) is 62.4 Å². The molecular formula is C30H38ClFN2O4. The Morgan fingerprint density at radius 2 is 1.68 bits per heavy atom. The summed E-state index contributed by atoms with van der Waals surface area (Å²) in [4.78, 5) is 19.9. The number of nitrogens with zero attached hydrogens (tertiary/aromatic N) is 1. The van der Waals surface area contributed by atoms with Gasteiger partial charge in [0.1, 0.15) is 5.82 Å². The number of rotatable bonds is 9. The standard InChI is InChI=1S/C27H30ClFN2O2.C2H6.CH2O2/c1-17-5-8-22(9-6-17)26(27(30-16-32)18(2)13-19(3)33)23-11-12-31(20(23)4)15-21-7-10-24(28)25(29)14-21;1-2;2-1-3/h5-12,14,16,18-19,33H,13,15H2,1-4H3,(H,30,32);1-2H3;1H,(H,2,3)/b27-26-;;. The molecule has 3 rings (SSSR count). The van der Waals surface area contributed by atoms with Gasteiger partial charge in [-0.25, -0.2) is 4.39 Å². The molecule has 0 radical (unpaired) electrons. The van der Waals surface area contributed by atoms with Crippen LogP contribution in [0.15, 0.2) is 60.4 Å². The van der Waals surface area contributed by atoms with Crippen LogP contribution >= 0.6 is 11.6 Å². The molecule has 1 amide bonds. The molecule has 2 atom stereocenters. The van der Waals surface area contributed by atoms with Crippen molar-refractivity contribution in [3.8, 4) is 0 Å². The Morgan fingerprint density at radius 3 is 2.21 bits per heavy atom. The molecule has 38 heavy (non-hydrogen) atoms. The van der Waals surface area contributed by atoms with Crippen LogP contribution in [0.2, 0.25) is 5.02 Å². The maximum absolute atomic E-state index is 13.9. The predicted molar refractivity (Wildman–Crippen MR) is 152 cm³/mol. The van der Waals surface area contributed by atoms with Crippen molar-refractivity contribution in [1.29, 1.82) is 0 Å². The number of aliphatic hydroxyl groups excluding tert-OH is 1. The summed E-state index contributed by atoms with van der Waals surface area (Å²) in [5, 5.41) is 19.9. The van der Waals surface area contributed by atoms with Gasteiger partial charge in [-0.1, -0.05) is 68.3 Å². The number of hydrogen-bond acceptors (Lipinski definition) is 3. The molecule has 6 nitrogen and oxygen atoms in total. The molecule has 0 aliphatic heterocycles. The highest BCUT2D eigenvalue weighted by atomic mass is 35.5. The number of aryl methyl sites for hydroxylation is 1. The van der Waals surface area contributed by atoms with Crippen LogP contribution in [-0.2, 0) is 16.1 Å². The zero-order valence-electron chi connectivity index (χ0n) is 22.8. The fourth-order valence-corrected chi connectivity index (χ4v) is 4.27. The van der Waals surface area contributed by atoms with Gasteiger partial charge in [0.15, 0.2) is 0 Å². The lowest BCUT2D eigenvalue weighted by Crippen LogP contribution is -2.22. The Morgan fingerprint density at radius 1 is 1.08 bits per heavy atom. The lowest BCUT2D eigenvalue weighted by Gasteiger charge is -2.22. The second-order valence-electron chi connectivity index (χ2n) is 8.70. The van der Waals surface area contributed by atoms with E-state index in [-0.39, 0.29) is 17.4 Å². The average molecular weight is 545 g/mol. The fraction of sp³-hybridized carbons (Fsp3) is 0.333. The van der Waals surface area contributed by atoms with Crippen LogP contribution in [0.3, 0.4) is 0 Å². The van der Waals surface area contributed by atoms with Crippen molar-refractivity contribution >= 4 is 30.1 Å². The molecule has 0 saturated carbocycles. The Hall–Kier alpha value is -3.42. The minimum absolute atomic E-state index is 0.0837. The Kier molecular flexibility index (Phi) is 14.1. The summed E-state index contributed by atoms with van der Waals surface area (Å²) in [5.41, 5.74) is 6.53. The minimum Gasteiger partial charge on any atom is -0.483 e. The Labute approximate surface area is 229 Å². The van der Waals surface area contributed by atoms with Crippen LogP contribution in [0.25, 0.3) is 5.57 Å². The van der Waals surface area contributed by atoms with Crippen LogP contribution in [0.1, 0.15) is 62.1 Å². The molecular weight excluding hydrogens is 507 g/mol. The second-order valence-corrected chi connectivity index (χ2v) is 9.11. The first kappa shape index (κ1) is 32.6. The predicted octanol–water partition coefficient (Wildman–Crippen LogP) is 6.59. The lowest BCUT2D eigenvalue weighted by atomic mass is 9.89. The molecule has 206 valence electrons. The van der Waals surface area contributed by atoms with Gasteiger partial charge in [0, 0.05) is 35.3 Å². The Bertz CT molecular complexity index is 1200. The molecule has 2 unspecified atom stereocenters. The summed E-state index contributed by atoms with van der Waals surface area (Å²) in [6.07, 6.45) is 2.65. The zero-order chi connectivity index (χ0) is 28.8. The molecule has 0 spiro atoms. The maximum atomic E-state index is 13.9. The van der Waals surface area contributed by atoms with Gasteiger partial charge >= 0.3 is 0 Å². The lowest BCUT2D eigenvalue weighted by molar-refractivity contribution is -0.122. The van der Waals surface area contributed by atoms with Crippen LogP contribution in [0.5, 0.6) is 0 Å². The van der Waals surface area contributed by atoms with E-state index in [4.69, 9.17) is 21.5 Å². The van der Waals surface area contributed by atoms with Gasteiger partial charge in [0.2, 0.25) is 6.41 Å². The smallest absolute Gasteiger partial charge is 0.290 e. The minimum atomic E-state index is -0.506. The quantitative estimate of drug-likeness (QED) is 0.265.